The van der Waals surface area contributed by atoms with Gasteiger partial charge in [-0.25, -0.2) is 19.9 Å². The van der Waals surface area contributed by atoms with Crippen LogP contribution in [0.1, 0.15) is 76.0 Å². The van der Waals surface area contributed by atoms with Crippen molar-refractivity contribution in [2.75, 3.05) is 33.7 Å². The third-order valence-corrected chi connectivity index (χ3v) is 10.0. The SMILES string of the molecule is CC(C)c1cc(C(C)C)c(-c2cc(N3[CH-]N(C)c4nccnc43)[c-]c(N3[CH-]N(C)c4nccnc43)c2)c(C(C)C)c1.[Pt+4].c1ccc2c(c1)[n-]c1cnccc12. The van der Waals surface area contributed by atoms with Crippen molar-refractivity contribution in [2.24, 2.45) is 0 Å². The van der Waals surface area contributed by atoms with Crippen LogP contribution >= 0.6 is 0 Å². The smallest absolute Gasteiger partial charge is 0.656 e. The van der Waals surface area contributed by atoms with Gasteiger partial charge in [0.1, 0.15) is 23.3 Å². The number of hydrogen-bond acceptors (Lipinski definition) is 9. The first-order valence-electron chi connectivity index (χ1n) is 18.5. The summed E-state index contributed by atoms with van der Waals surface area (Å²) in [7, 11) is 3.98. The number of hydrogen-bond donors (Lipinski definition) is 0. The van der Waals surface area contributed by atoms with Crippen molar-refractivity contribution >= 4 is 56.5 Å². The number of fused-ring (bicyclic) bond motifs is 5. The van der Waals surface area contributed by atoms with Gasteiger partial charge >= 0.3 is 21.1 Å². The number of pyridine rings is 1. The molecule has 2 aliphatic heterocycles. The van der Waals surface area contributed by atoms with Gasteiger partial charge in [-0.3, -0.25) is 4.98 Å². The van der Waals surface area contributed by atoms with E-state index in [2.05, 4.69) is 118 Å². The molecular formula is C44H44N10Pt. The Balaban J connectivity index is 0.000000278. The normalized spacial score (nSPS) is 13.5. The predicted octanol–water partition coefficient (Wildman–Crippen LogP) is 9.86. The molecule has 3 aromatic carbocycles. The van der Waals surface area contributed by atoms with E-state index in [9.17, 15) is 0 Å². The third kappa shape index (κ3) is 7.04. The Hall–Kier alpha value is -5.34. The molecule has 280 valence electrons. The fraction of sp³-hybridized carbons (Fsp3) is 0.250. The van der Waals surface area contributed by atoms with Crippen LogP contribution < -0.4 is 24.6 Å². The van der Waals surface area contributed by atoms with E-state index in [4.69, 9.17) is 0 Å². The first kappa shape index (κ1) is 38.0. The van der Waals surface area contributed by atoms with Crippen LogP contribution in [-0.2, 0) is 21.1 Å². The minimum Gasteiger partial charge on any atom is -0.656 e. The minimum absolute atomic E-state index is 0. The monoisotopic (exact) mass is 907 g/mol. The van der Waals surface area contributed by atoms with Gasteiger partial charge in [0, 0.05) is 37.2 Å². The van der Waals surface area contributed by atoms with Gasteiger partial charge in [0.25, 0.3) is 0 Å². The molecule has 0 aliphatic carbocycles. The maximum atomic E-state index is 4.69. The summed E-state index contributed by atoms with van der Waals surface area (Å²) < 4.78 is 0. The Bertz CT molecular complexity index is 2320. The van der Waals surface area contributed by atoms with Gasteiger partial charge in [0.15, 0.2) is 0 Å². The summed E-state index contributed by atoms with van der Waals surface area (Å²) in [5, 5.41) is 2.39. The van der Waals surface area contributed by atoms with E-state index in [1.54, 1.807) is 37.2 Å². The Labute approximate surface area is 337 Å². The number of anilines is 6. The van der Waals surface area contributed by atoms with Gasteiger partial charge in [-0.15, -0.1) is 59.5 Å². The summed E-state index contributed by atoms with van der Waals surface area (Å²) in [6.45, 7) is 17.7. The fourth-order valence-corrected chi connectivity index (χ4v) is 7.27. The molecule has 4 aromatic heterocycles. The van der Waals surface area contributed by atoms with Gasteiger partial charge in [0.05, 0.1) is 0 Å². The topological polar surface area (TPSA) is 91.5 Å². The largest absolute Gasteiger partial charge is 4.00 e. The molecule has 10 nitrogen and oxygen atoms in total. The molecule has 55 heavy (non-hydrogen) atoms. The molecule has 2 aliphatic rings. The molecule has 0 radical (unpaired) electrons. The van der Waals surface area contributed by atoms with Crippen LogP contribution in [0.5, 0.6) is 0 Å². The van der Waals surface area contributed by atoms with Crippen molar-refractivity contribution in [1.82, 2.24) is 29.9 Å². The maximum Gasteiger partial charge on any atom is 4.00 e. The standard InChI is InChI=1S/C33H37N8.C11H7N2.Pt/c1-20(2)23-15-27(21(3)4)29(28(16-23)22(5)6)24-13-25(40-18-38(7)30-32(40)36-11-9-34-30)17-26(14-24)41-19-39(8)31-33(41)37-12-10-35-31;1-2-4-10-8(3-1)9-5-6-12-7-11(9)13-10;/h9-16,18-22H,1-8H3;1-7H;/q-3;-1;+4. The Morgan fingerprint density at radius 2 is 1.11 bits per heavy atom. The molecule has 0 fully saturated rings. The molecule has 6 heterocycles. The van der Waals surface area contributed by atoms with Crippen molar-refractivity contribution in [3.63, 3.8) is 0 Å². The molecule has 7 aromatic rings. The zero-order valence-corrected chi connectivity index (χ0v) is 34.6. The van der Waals surface area contributed by atoms with Gasteiger partial charge in [0.2, 0.25) is 0 Å². The van der Waals surface area contributed by atoms with Crippen molar-refractivity contribution in [3.8, 4) is 11.1 Å². The second-order valence-electron chi connectivity index (χ2n) is 14.8. The zero-order valence-electron chi connectivity index (χ0n) is 32.3. The van der Waals surface area contributed by atoms with Gasteiger partial charge in [-0.05, 0) is 70.9 Å². The second-order valence-corrected chi connectivity index (χ2v) is 14.8. The molecule has 0 N–H and O–H groups in total. The molecule has 0 spiro atoms. The number of benzene rings is 3. The third-order valence-electron chi connectivity index (χ3n) is 10.0. The molecular weight excluding hydrogens is 864 g/mol. The molecule has 0 amide bonds. The fourth-order valence-electron chi connectivity index (χ4n) is 7.27. The first-order chi connectivity index (χ1) is 26.1. The first-order valence-corrected chi connectivity index (χ1v) is 18.5. The summed E-state index contributed by atoms with van der Waals surface area (Å²) in [6.07, 6.45) is 10.5. The summed E-state index contributed by atoms with van der Waals surface area (Å²) in [4.78, 5) is 35.1. The van der Waals surface area contributed by atoms with Crippen LogP contribution in [0.3, 0.4) is 0 Å². The quantitative estimate of drug-likeness (QED) is 0.150. The Morgan fingerprint density at radius 3 is 1.64 bits per heavy atom. The Kier molecular flexibility index (Phi) is 10.6. The number of nitrogens with zero attached hydrogens (tertiary/aromatic N) is 10. The van der Waals surface area contributed by atoms with Crippen LogP contribution in [0.15, 0.2) is 91.8 Å². The van der Waals surface area contributed by atoms with Crippen molar-refractivity contribution in [2.45, 2.75) is 59.3 Å². The second kappa shape index (κ2) is 15.4. The van der Waals surface area contributed by atoms with E-state index in [0.717, 1.165) is 51.2 Å². The van der Waals surface area contributed by atoms with E-state index in [1.165, 1.54) is 33.0 Å². The molecule has 9 rings (SSSR count). The van der Waals surface area contributed by atoms with Crippen LogP contribution in [-0.4, -0.2) is 39.0 Å². The maximum absolute atomic E-state index is 4.69. The van der Waals surface area contributed by atoms with Crippen molar-refractivity contribution in [3.05, 3.63) is 128 Å². The van der Waals surface area contributed by atoms with Crippen molar-refractivity contribution < 1.29 is 21.1 Å². The van der Waals surface area contributed by atoms with Crippen LogP contribution in [0, 0.1) is 19.4 Å². The van der Waals surface area contributed by atoms with Crippen LogP contribution in [0.2, 0.25) is 0 Å². The van der Waals surface area contributed by atoms with E-state index >= 15 is 0 Å². The summed E-state index contributed by atoms with van der Waals surface area (Å²) in [6, 6.07) is 23.1. The minimum atomic E-state index is 0. The molecule has 11 heteroatoms. The van der Waals surface area contributed by atoms with Gasteiger partial charge in [-0.1, -0.05) is 77.9 Å². The van der Waals surface area contributed by atoms with Gasteiger partial charge in [-0.2, -0.15) is 0 Å². The molecule has 0 unspecified atom stereocenters. The summed E-state index contributed by atoms with van der Waals surface area (Å²) >= 11 is 0. The summed E-state index contributed by atoms with van der Waals surface area (Å²) in [5.74, 6) is 4.32. The Morgan fingerprint density at radius 1 is 0.600 bits per heavy atom. The molecule has 0 saturated carbocycles. The molecule has 0 atom stereocenters. The van der Waals surface area contributed by atoms with E-state index in [0.29, 0.717) is 17.8 Å². The van der Waals surface area contributed by atoms with E-state index in [1.807, 2.05) is 61.5 Å². The number of aromatic nitrogens is 6. The van der Waals surface area contributed by atoms with E-state index in [-0.39, 0.29) is 21.1 Å². The molecule has 0 bridgehead atoms. The molecule has 0 saturated heterocycles. The number of rotatable bonds is 6. The van der Waals surface area contributed by atoms with Gasteiger partial charge < -0.3 is 24.6 Å². The van der Waals surface area contributed by atoms with E-state index < -0.39 is 0 Å². The predicted molar refractivity (Wildman–Crippen MR) is 219 cm³/mol. The van der Waals surface area contributed by atoms with Crippen molar-refractivity contribution in [1.29, 1.82) is 0 Å². The van der Waals surface area contributed by atoms with Crippen LogP contribution in [0.4, 0.5) is 34.6 Å². The summed E-state index contributed by atoms with van der Waals surface area (Å²) in [5.41, 5.74) is 10.3. The average molecular weight is 908 g/mol. The van der Waals surface area contributed by atoms with Crippen LogP contribution in [0.25, 0.3) is 32.9 Å². The number of para-hydroxylation sites is 1. The average Bonchev–Trinajstić information content (AvgIpc) is 3.85. The zero-order chi connectivity index (χ0) is 37.7.